The fraction of sp³-hybridized carbons (Fsp3) is 0.273. The third kappa shape index (κ3) is 5.27. The van der Waals surface area contributed by atoms with Gasteiger partial charge in [0.25, 0.3) is 5.91 Å². The minimum Gasteiger partial charge on any atom is -0.379 e. The van der Waals surface area contributed by atoms with E-state index in [1.807, 2.05) is 12.1 Å². The molecule has 0 atom stereocenters. The zero-order valence-corrected chi connectivity index (χ0v) is 18.1. The standard InChI is InChI=1S/C22H20ClF2N3O2S/c23-17-4-2-1-3-15(17)5-6-20(29)28(8-7-27-9-11-30-12-10-27)22-26-21-18(25)13-16(24)14-19(21)31-22/h1-6,13-14H,7-12H2/b6-5+. The summed E-state index contributed by atoms with van der Waals surface area (Å²) in [5, 5.41) is 0.852. The van der Waals surface area contributed by atoms with Crippen molar-refractivity contribution in [3.05, 3.63) is 64.7 Å². The van der Waals surface area contributed by atoms with E-state index in [2.05, 4.69) is 9.88 Å². The maximum Gasteiger partial charge on any atom is 0.252 e. The maximum atomic E-state index is 14.2. The number of fused-ring (bicyclic) bond motifs is 1. The topological polar surface area (TPSA) is 45.7 Å². The lowest BCUT2D eigenvalue weighted by atomic mass is 10.2. The molecule has 1 saturated heterocycles. The molecule has 1 fully saturated rings. The van der Waals surface area contributed by atoms with Crippen LogP contribution in [0.25, 0.3) is 16.3 Å². The molecule has 1 amide bonds. The van der Waals surface area contributed by atoms with Crippen molar-refractivity contribution in [2.45, 2.75) is 0 Å². The van der Waals surface area contributed by atoms with Crippen LogP contribution in [0.3, 0.4) is 0 Å². The molecule has 3 aromatic rings. The van der Waals surface area contributed by atoms with Crippen molar-refractivity contribution in [2.24, 2.45) is 0 Å². The summed E-state index contributed by atoms with van der Waals surface area (Å²) >= 11 is 7.25. The number of anilines is 1. The minimum atomic E-state index is -0.746. The van der Waals surface area contributed by atoms with Crippen molar-refractivity contribution in [1.82, 2.24) is 9.88 Å². The molecule has 162 valence electrons. The molecule has 2 aromatic carbocycles. The Kier molecular flexibility index (Phi) is 6.92. The van der Waals surface area contributed by atoms with Gasteiger partial charge in [0.15, 0.2) is 10.9 Å². The molecule has 0 unspecified atom stereocenters. The zero-order chi connectivity index (χ0) is 21.8. The van der Waals surface area contributed by atoms with E-state index in [4.69, 9.17) is 16.3 Å². The van der Waals surface area contributed by atoms with Crippen LogP contribution in [-0.2, 0) is 9.53 Å². The van der Waals surface area contributed by atoms with E-state index in [9.17, 15) is 13.6 Å². The first-order chi connectivity index (χ1) is 15.0. The highest BCUT2D eigenvalue weighted by atomic mass is 35.5. The van der Waals surface area contributed by atoms with Crippen LogP contribution in [0.15, 0.2) is 42.5 Å². The number of ether oxygens (including phenoxy) is 1. The molecule has 0 radical (unpaired) electrons. The summed E-state index contributed by atoms with van der Waals surface area (Å²) in [5.74, 6) is -1.73. The predicted octanol–water partition coefficient (Wildman–Crippen LogP) is 4.61. The van der Waals surface area contributed by atoms with Crippen LogP contribution in [0.4, 0.5) is 13.9 Å². The van der Waals surface area contributed by atoms with Crippen molar-refractivity contribution >= 4 is 50.3 Å². The fourth-order valence-electron chi connectivity index (χ4n) is 3.29. The second kappa shape index (κ2) is 9.82. The van der Waals surface area contributed by atoms with Crippen molar-refractivity contribution in [3.8, 4) is 0 Å². The Morgan fingerprint density at radius 2 is 2.03 bits per heavy atom. The Morgan fingerprint density at radius 1 is 1.26 bits per heavy atom. The van der Waals surface area contributed by atoms with E-state index in [1.165, 1.54) is 17.0 Å². The van der Waals surface area contributed by atoms with Gasteiger partial charge < -0.3 is 4.74 Å². The number of halogens is 3. The SMILES string of the molecule is O=C(/C=C/c1ccccc1Cl)N(CCN1CCOCC1)c1nc2c(F)cc(F)cc2s1. The lowest BCUT2D eigenvalue weighted by molar-refractivity contribution is -0.114. The number of benzene rings is 2. The van der Waals surface area contributed by atoms with Gasteiger partial charge in [0, 0.05) is 43.3 Å². The Bertz CT molecular complexity index is 1120. The molecule has 5 nitrogen and oxygen atoms in total. The first-order valence-corrected chi connectivity index (χ1v) is 11.0. The summed E-state index contributed by atoms with van der Waals surface area (Å²) in [6.07, 6.45) is 3.06. The summed E-state index contributed by atoms with van der Waals surface area (Å²) < 4.78 is 33.5. The lowest BCUT2D eigenvalue weighted by Crippen LogP contribution is -2.42. The molecule has 0 N–H and O–H groups in total. The predicted molar refractivity (Wildman–Crippen MR) is 120 cm³/mol. The number of carbonyl (C=O) groups excluding carboxylic acids is 1. The third-order valence-corrected chi connectivity index (χ3v) is 6.32. The van der Waals surface area contributed by atoms with Gasteiger partial charge in [0.05, 0.1) is 17.9 Å². The number of nitrogens with zero attached hydrogens (tertiary/aromatic N) is 3. The number of carbonyl (C=O) groups is 1. The third-order valence-electron chi connectivity index (χ3n) is 4.95. The van der Waals surface area contributed by atoms with Crippen molar-refractivity contribution in [3.63, 3.8) is 0 Å². The zero-order valence-electron chi connectivity index (χ0n) is 16.6. The Labute approximate surface area is 187 Å². The second-order valence-corrected chi connectivity index (χ2v) is 8.45. The number of hydrogen-bond donors (Lipinski definition) is 0. The number of amides is 1. The first kappa shape index (κ1) is 21.8. The summed E-state index contributed by atoms with van der Waals surface area (Å²) in [5.41, 5.74) is 0.767. The van der Waals surface area contributed by atoms with E-state index in [-0.39, 0.29) is 11.4 Å². The van der Waals surface area contributed by atoms with E-state index < -0.39 is 11.6 Å². The summed E-state index contributed by atoms with van der Waals surface area (Å²) in [6.45, 7) is 3.81. The summed E-state index contributed by atoms with van der Waals surface area (Å²) in [7, 11) is 0. The smallest absolute Gasteiger partial charge is 0.252 e. The Hall–Kier alpha value is -2.39. The molecule has 1 aliphatic heterocycles. The fourth-order valence-corrected chi connectivity index (χ4v) is 4.52. The van der Waals surface area contributed by atoms with E-state index in [1.54, 1.807) is 18.2 Å². The lowest BCUT2D eigenvalue weighted by Gasteiger charge is -2.28. The van der Waals surface area contributed by atoms with Gasteiger partial charge in [0.1, 0.15) is 11.3 Å². The molecular formula is C22H20ClF2N3O2S. The second-order valence-electron chi connectivity index (χ2n) is 7.03. The minimum absolute atomic E-state index is 0.0562. The van der Waals surface area contributed by atoms with Gasteiger partial charge in [-0.2, -0.15) is 0 Å². The van der Waals surface area contributed by atoms with Gasteiger partial charge in [-0.15, -0.1) is 0 Å². The average molecular weight is 464 g/mol. The van der Waals surface area contributed by atoms with Crippen molar-refractivity contribution < 1.29 is 18.3 Å². The van der Waals surface area contributed by atoms with Gasteiger partial charge in [0.2, 0.25) is 0 Å². The Morgan fingerprint density at radius 3 is 2.81 bits per heavy atom. The molecule has 31 heavy (non-hydrogen) atoms. The van der Waals surface area contributed by atoms with E-state index >= 15 is 0 Å². The van der Waals surface area contributed by atoms with Crippen LogP contribution in [-0.4, -0.2) is 55.2 Å². The summed E-state index contributed by atoms with van der Waals surface area (Å²) in [4.78, 5) is 21.1. The normalized spacial score (nSPS) is 15.1. The van der Waals surface area contributed by atoms with Crippen molar-refractivity contribution in [2.75, 3.05) is 44.3 Å². The van der Waals surface area contributed by atoms with Gasteiger partial charge in [-0.25, -0.2) is 13.8 Å². The highest BCUT2D eigenvalue weighted by Gasteiger charge is 2.21. The Balaban J connectivity index is 1.61. The van der Waals surface area contributed by atoms with Crippen LogP contribution in [0.5, 0.6) is 0 Å². The van der Waals surface area contributed by atoms with Crippen LogP contribution in [0, 0.1) is 11.6 Å². The van der Waals surface area contributed by atoms with Crippen LogP contribution in [0.1, 0.15) is 5.56 Å². The molecule has 1 aromatic heterocycles. The molecule has 1 aliphatic rings. The number of morpholine rings is 1. The highest BCUT2D eigenvalue weighted by Crippen LogP contribution is 2.31. The number of thiazole rings is 1. The maximum absolute atomic E-state index is 14.2. The molecule has 0 spiro atoms. The van der Waals surface area contributed by atoms with Gasteiger partial charge in [-0.1, -0.05) is 41.1 Å². The molecule has 0 saturated carbocycles. The molecule has 9 heteroatoms. The van der Waals surface area contributed by atoms with E-state index in [0.717, 1.165) is 30.5 Å². The molecule has 4 rings (SSSR count). The molecule has 0 bridgehead atoms. The average Bonchev–Trinajstić information content (AvgIpc) is 3.18. The molecular weight excluding hydrogens is 444 g/mol. The monoisotopic (exact) mass is 463 g/mol. The highest BCUT2D eigenvalue weighted by molar-refractivity contribution is 7.22. The van der Waals surface area contributed by atoms with Gasteiger partial charge in [-0.3, -0.25) is 14.6 Å². The molecule has 2 heterocycles. The van der Waals surface area contributed by atoms with Crippen molar-refractivity contribution in [1.29, 1.82) is 0 Å². The van der Waals surface area contributed by atoms with Gasteiger partial charge >= 0.3 is 0 Å². The quantitative estimate of drug-likeness (QED) is 0.501. The van der Waals surface area contributed by atoms with Crippen LogP contribution in [0.2, 0.25) is 5.02 Å². The van der Waals surface area contributed by atoms with Gasteiger partial charge in [-0.05, 0) is 23.8 Å². The van der Waals surface area contributed by atoms with E-state index in [0.29, 0.717) is 46.7 Å². The van der Waals surface area contributed by atoms with Crippen LogP contribution >= 0.6 is 22.9 Å². The molecule has 0 aliphatic carbocycles. The summed E-state index contributed by atoms with van der Waals surface area (Å²) in [6, 6.07) is 9.21. The number of rotatable bonds is 6. The largest absolute Gasteiger partial charge is 0.379 e. The first-order valence-electron chi connectivity index (χ1n) is 9.81. The van der Waals surface area contributed by atoms with Crippen LogP contribution < -0.4 is 4.90 Å². The number of hydrogen-bond acceptors (Lipinski definition) is 5. The number of aromatic nitrogens is 1.